The number of esters is 1. The SMILES string of the molecule is CCCCOC(=O)CNc1nc(Nc2ccc(S(=O)(=O)NCC3CCCO3)cc2)ncc1C(=O)NC(C)(C)C. The summed E-state index contributed by atoms with van der Waals surface area (Å²) in [6, 6.07) is 6.11. The summed E-state index contributed by atoms with van der Waals surface area (Å²) in [5.74, 6) is -0.569. The van der Waals surface area contributed by atoms with E-state index < -0.39 is 27.4 Å². The van der Waals surface area contributed by atoms with Crippen LogP contribution in [0, 0.1) is 0 Å². The summed E-state index contributed by atoms with van der Waals surface area (Å²) < 4.78 is 38.5. The molecule has 1 saturated heterocycles. The standard InChI is InChI=1S/C26H38N6O6S/c1-5-6-13-38-22(33)17-27-23-21(24(34)32-26(2,3)4)16-28-25(31-23)30-18-9-11-20(12-10-18)39(35,36)29-15-19-8-7-14-37-19/h9-12,16,19,29H,5-8,13-15,17H2,1-4H3,(H,32,34)(H2,27,28,30,31). The number of nitrogens with one attached hydrogen (secondary N) is 4. The largest absolute Gasteiger partial charge is 0.464 e. The van der Waals surface area contributed by atoms with E-state index in [1.807, 2.05) is 27.7 Å². The van der Waals surface area contributed by atoms with Gasteiger partial charge in [-0.25, -0.2) is 18.1 Å². The normalized spacial score (nSPS) is 15.5. The van der Waals surface area contributed by atoms with Gasteiger partial charge in [0.05, 0.1) is 17.6 Å². The van der Waals surface area contributed by atoms with Gasteiger partial charge in [0.2, 0.25) is 16.0 Å². The maximum Gasteiger partial charge on any atom is 0.325 e. The first kappa shape index (κ1) is 30.3. The summed E-state index contributed by atoms with van der Waals surface area (Å²) in [6.07, 6.45) is 4.67. The van der Waals surface area contributed by atoms with Gasteiger partial charge in [-0.05, 0) is 64.3 Å². The number of ether oxygens (including phenoxy) is 2. The third-order valence-corrected chi connectivity index (χ3v) is 7.07. The zero-order chi connectivity index (χ0) is 28.5. The van der Waals surface area contributed by atoms with E-state index in [-0.39, 0.29) is 41.4 Å². The Bertz CT molecular complexity index is 1220. The minimum absolute atomic E-state index is 0.104. The third-order valence-electron chi connectivity index (χ3n) is 5.63. The second kappa shape index (κ2) is 13.7. The van der Waals surface area contributed by atoms with Crippen molar-refractivity contribution in [3.05, 3.63) is 36.0 Å². The van der Waals surface area contributed by atoms with Crippen molar-refractivity contribution in [3.8, 4) is 0 Å². The minimum Gasteiger partial charge on any atom is -0.464 e. The molecule has 1 aromatic heterocycles. The number of carbonyl (C=O) groups excluding carboxylic acids is 2. The number of unbranched alkanes of at least 4 members (excludes halogenated alkanes) is 1. The van der Waals surface area contributed by atoms with E-state index >= 15 is 0 Å². The zero-order valence-electron chi connectivity index (χ0n) is 22.9. The molecule has 13 heteroatoms. The van der Waals surface area contributed by atoms with Crippen LogP contribution in [0.4, 0.5) is 17.5 Å². The number of amides is 1. The number of hydrogen-bond acceptors (Lipinski definition) is 10. The van der Waals surface area contributed by atoms with Gasteiger partial charge in [-0.2, -0.15) is 4.98 Å². The van der Waals surface area contributed by atoms with E-state index in [2.05, 4.69) is 30.6 Å². The van der Waals surface area contributed by atoms with Crippen molar-refractivity contribution in [1.82, 2.24) is 20.0 Å². The molecule has 1 atom stereocenters. The highest BCUT2D eigenvalue weighted by atomic mass is 32.2. The minimum atomic E-state index is -3.69. The van der Waals surface area contributed by atoms with E-state index in [4.69, 9.17) is 9.47 Å². The third kappa shape index (κ3) is 9.75. The number of benzene rings is 1. The summed E-state index contributed by atoms with van der Waals surface area (Å²) in [7, 11) is -3.69. The maximum absolute atomic E-state index is 12.8. The zero-order valence-corrected chi connectivity index (χ0v) is 23.7. The summed E-state index contributed by atoms with van der Waals surface area (Å²) in [5.41, 5.74) is 0.200. The predicted molar refractivity (Wildman–Crippen MR) is 147 cm³/mol. The van der Waals surface area contributed by atoms with Gasteiger partial charge in [0.25, 0.3) is 5.91 Å². The fourth-order valence-electron chi connectivity index (χ4n) is 3.63. The molecule has 1 aliphatic heterocycles. The molecular formula is C26H38N6O6S. The lowest BCUT2D eigenvalue weighted by molar-refractivity contribution is -0.141. The Hall–Kier alpha value is -3.29. The number of aromatic nitrogens is 2. The number of rotatable bonds is 13. The predicted octanol–water partition coefficient (Wildman–Crippen LogP) is 2.96. The fourth-order valence-corrected chi connectivity index (χ4v) is 4.69. The molecule has 1 aliphatic rings. The molecule has 0 bridgehead atoms. The summed E-state index contributed by atoms with van der Waals surface area (Å²) in [4.78, 5) is 33.7. The molecule has 39 heavy (non-hydrogen) atoms. The molecule has 0 saturated carbocycles. The lowest BCUT2D eigenvalue weighted by Gasteiger charge is -2.21. The molecule has 214 valence electrons. The molecule has 12 nitrogen and oxygen atoms in total. The van der Waals surface area contributed by atoms with Gasteiger partial charge < -0.3 is 25.4 Å². The Morgan fingerprint density at radius 1 is 1.18 bits per heavy atom. The molecule has 0 spiro atoms. The Kier molecular flexibility index (Phi) is 10.6. The number of nitrogens with zero attached hydrogens (tertiary/aromatic N) is 2. The molecule has 2 aromatic rings. The van der Waals surface area contributed by atoms with Gasteiger partial charge in [0, 0.05) is 30.6 Å². The molecular weight excluding hydrogens is 524 g/mol. The van der Waals surface area contributed by atoms with Gasteiger partial charge in [-0.15, -0.1) is 0 Å². The smallest absolute Gasteiger partial charge is 0.325 e. The number of hydrogen-bond donors (Lipinski definition) is 4. The van der Waals surface area contributed by atoms with Crippen LogP contribution >= 0.6 is 0 Å². The lowest BCUT2D eigenvalue weighted by Crippen LogP contribution is -2.41. The van der Waals surface area contributed by atoms with Crippen molar-refractivity contribution < 1.29 is 27.5 Å². The molecule has 2 heterocycles. The van der Waals surface area contributed by atoms with E-state index in [0.29, 0.717) is 18.9 Å². The lowest BCUT2D eigenvalue weighted by atomic mass is 10.1. The van der Waals surface area contributed by atoms with Gasteiger partial charge >= 0.3 is 5.97 Å². The van der Waals surface area contributed by atoms with Crippen LogP contribution in [-0.4, -0.2) is 68.2 Å². The highest BCUT2D eigenvalue weighted by molar-refractivity contribution is 7.89. The van der Waals surface area contributed by atoms with Crippen molar-refractivity contribution in [1.29, 1.82) is 0 Å². The van der Waals surface area contributed by atoms with Crippen molar-refractivity contribution >= 4 is 39.4 Å². The van der Waals surface area contributed by atoms with Crippen molar-refractivity contribution in [2.24, 2.45) is 0 Å². The van der Waals surface area contributed by atoms with Crippen LogP contribution in [0.15, 0.2) is 35.4 Å². The fraction of sp³-hybridized carbons (Fsp3) is 0.538. The summed E-state index contributed by atoms with van der Waals surface area (Å²) >= 11 is 0. The van der Waals surface area contributed by atoms with Crippen LogP contribution in [0.1, 0.15) is 63.7 Å². The average Bonchev–Trinajstić information content (AvgIpc) is 3.40. The molecule has 4 N–H and O–H groups in total. The van der Waals surface area contributed by atoms with E-state index in [1.165, 1.54) is 18.3 Å². The Balaban J connectivity index is 1.71. The van der Waals surface area contributed by atoms with E-state index in [0.717, 1.165) is 25.7 Å². The second-order valence-corrected chi connectivity index (χ2v) is 12.0. The van der Waals surface area contributed by atoms with Gasteiger partial charge in [-0.3, -0.25) is 9.59 Å². The second-order valence-electron chi connectivity index (χ2n) is 10.2. The Labute approximate surface area is 229 Å². The highest BCUT2D eigenvalue weighted by Gasteiger charge is 2.22. The number of sulfonamides is 1. The van der Waals surface area contributed by atoms with Crippen molar-refractivity contribution in [2.75, 3.05) is 36.9 Å². The van der Waals surface area contributed by atoms with Crippen LogP contribution in [0.25, 0.3) is 0 Å². The summed E-state index contributed by atoms with van der Waals surface area (Å²) in [6.45, 7) is 8.57. The van der Waals surface area contributed by atoms with Crippen LogP contribution in [0.3, 0.4) is 0 Å². The van der Waals surface area contributed by atoms with Crippen LogP contribution < -0.4 is 20.7 Å². The first-order valence-corrected chi connectivity index (χ1v) is 14.5. The quantitative estimate of drug-likeness (QED) is 0.211. The average molecular weight is 563 g/mol. The topological polar surface area (TPSA) is 161 Å². The van der Waals surface area contributed by atoms with Crippen molar-refractivity contribution in [3.63, 3.8) is 0 Å². The van der Waals surface area contributed by atoms with Crippen LogP contribution in [-0.2, 0) is 24.3 Å². The maximum atomic E-state index is 12.8. The van der Waals surface area contributed by atoms with E-state index in [1.54, 1.807) is 12.1 Å². The first-order chi connectivity index (χ1) is 18.5. The van der Waals surface area contributed by atoms with Crippen LogP contribution in [0.5, 0.6) is 0 Å². The number of anilines is 3. The van der Waals surface area contributed by atoms with Gasteiger partial charge in [-0.1, -0.05) is 13.3 Å². The van der Waals surface area contributed by atoms with Crippen LogP contribution in [0.2, 0.25) is 0 Å². The molecule has 1 amide bonds. The van der Waals surface area contributed by atoms with Gasteiger partial charge in [0.15, 0.2) is 0 Å². The Morgan fingerprint density at radius 2 is 1.92 bits per heavy atom. The summed E-state index contributed by atoms with van der Waals surface area (Å²) in [5, 5.41) is 8.73. The molecule has 0 aliphatic carbocycles. The highest BCUT2D eigenvalue weighted by Crippen LogP contribution is 2.21. The molecule has 1 unspecified atom stereocenters. The van der Waals surface area contributed by atoms with E-state index in [9.17, 15) is 18.0 Å². The monoisotopic (exact) mass is 562 g/mol. The number of carbonyl (C=O) groups is 2. The molecule has 1 aromatic carbocycles. The first-order valence-electron chi connectivity index (χ1n) is 13.0. The van der Waals surface area contributed by atoms with Crippen molar-refractivity contribution in [2.45, 2.75) is 69.9 Å². The molecule has 1 fully saturated rings. The van der Waals surface area contributed by atoms with Gasteiger partial charge in [0.1, 0.15) is 17.9 Å². The Morgan fingerprint density at radius 3 is 2.56 bits per heavy atom. The molecule has 3 rings (SSSR count). The molecule has 0 radical (unpaired) electrons.